The predicted octanol–water partition coefficient (Wildman–Crippen LogP) is 1.08. The second kappa shape index (κ2) is 7.20. The van der Waals surface area contributed by atoms with E-state index in [0.717, 1.165) is 29.8 Å². The van der Waals surface area contributed by atoms with Gasteiger partial charge in [0.2, 0.25) is 0 Å². The topological polar surface area (TPSA) is 104 Å². The van der Waals surface area contributed by atoms with Crippen molar-refractivity contribution in [1.82, 2.24) is 10.3 Å². The van der Waals surface area contributed by atoms with E-state index >= 15 is 0 Å². The Hall–Kier alpha value is -2.78. The zero-order valence-corrected chi connectivity index (χ0v) is 13.4. The highest BCUT2D eigenvalue weighted by Gasteiger charge is 2.19. The second-order valence-corrected chi connectivity index (χ2v) is 6.52. The lowest BCUT2D eigenvalue weighted by Gasteiger charge is -2.09. The minimum atomic E-state index is -4.11. The number of amides is 2. The maximum absolute atomic E-state index is 12.8. The average molecular weight is 351 g/mol. The van der Waals surface area contributed by atoms with Gasteiger partial charge in [0.1, 0.15) is 5.82 Å². The summed E-state index contributed by atoms with van der Waals surface area (Å²) in [6.07, 6.45) is 0. The number of sulfonamides is 1. The second-order valence-electron chi connectivity index (χ2n) is 4.83. The lowest BCUT2D eigenvalue weighted by atomic mass is 10.2. The molecule has 0 unspecified atom stereocenters. The van der Waals surface area contributed by atoms with Crippen molar-refractivity contribution in [3.63, 3.8) is 0 Å². The van der Waals surface area contributed by atoms with Gasteiger partial charge in [-0.1, -0.05) is 17.7 Å². The molecule has 0 aliphatic carbocycles. The minimum absolute atomic E-state index is 0.261. The molecule has 2 aromatic rings. The quantitative estimate of drug-likeness (QED) is 0.566. The summed E-state index contributed by atoms with van der Waals surface area (Å²) in [5.74, 6) is -2.84. The summed E-state index contributed by atoms with van der Waals surface area (Å²) in [5.41, 5.74) is 3.15. The Bertz CT molecular complexity index is 849. The summed E-state index contributed by atoms with van der Waals surface area (Å²) in [6.45, 7) is 1.86. The SMILES string of the molecule is Cc1ccc(NC(=O)C(=O)NNS(=O)(=O)c2ccc(F)cc2)cc1. The van der Waals surface area contributed by atoms with E-state index in [1.807, 2.05) is 6.92 Å². The van der Waals surface area contributed by atoms with E-state index in [1.54, 1.807) is 34.5 Å². The van der Waals surface area contributed by atoms with Gasteiger partial charge in [-0.25, -0.2) is 12.8 Å². The van der Waals surface area contributed by atoms with E-state index in [9.17, 15) is 22.4 Å². The van der Waals surface area contributed by atoms with Crippen LogP contribution in [0.2, 0.25) is 0 Å². The molecule has 7 nitrogen and oxygen atoms in total. The Morgan fingerprint density at radius 3 is 2.08 bits per heavy atom. The van der Waals surface area contributed by atoms with Crippen LogP contribution < -0.4 is 15.6 Å². The van der Waals surface area contributed by atoms with Gasteiger partial charge in [0.25, 0.3) is 10.0 Å². The summed E-state index contributed by atoms with van der Waals surface area (Å²) in [6, 6.07) is 10.6. The van der Waals surface area contributed by atoms with Gasteiger partial charge >= 0.3 is 11.8 Å². The normalized spacial score (nSPS) is 10.9. The molecule has 0 fully saturated rings. The molecule has 2 amide bonds. The summed E-state index contributed by atoms with van der Waals surface area (Å²) < 4.78 is 36.6. The number of carbonyl (C=O) groups is 2. The highest BCUT2D eigenvalue weighted by molar-refractivity contribution is 7.89. The van der Waals surface area contributed by atoms with Crippen LogP contribution in [0.4, 0.5) is 10.1 Å². The van der Waals surface area contributed by atoms with Crippen LogP contribution in [0.3, 0.4) is 0 Å². The number of benzene rings is 2. The number of aryl methyl sites for hydroxylation is 1. The number of rotatable bonds is 4. The van der Waals surface area contributed by atoms with Crippen molar-refractivity contribution in [3.8, 4) is 0 Å². The molecular formula is C15H14FN3O4S. The molecule has 126 valence electrons. The van der Waals surface area contributed by atoms with E-state index in [4.69, 9.17) is 0 Å². The fraction of sp³-hybridized carbons (Fsp3) is 0.0667. The van der Waals surface area contributed by atoms with Crippen molar-refractivity contribution >= 4 is 27.5 Å². The van der Waals surface area contributed by atoms with Crippen molar-refractivity contribution in [2.45, 2.75) is 11.8 Å². The Morgan fingerprint density at radius 2 is 1.50 bits per heavy atom. The molecule has 0 saturated carbocycles. The van der Waals surface area contributed by atoms with Crippen LogP contribution in [0, 0.1) is 12.7 Å². The number of halogens is 1. The molecule has 0 spiro atoms. The van der Waals surface area contributed by atoms with E-state index < -0.39 is 27.7 Å². The zero-order valence-electron chi connectivity index (χ0n) is 12.5. The number of carbonyl (C=O) groups excluding carboxylic acids is 2. The highest BCUT2D eigenvalue weighted by Crippen LogP contribution is 2.09. The lowest BCUT2D eigenvalue weighted by Crippen LogP contribution is -2.46. The monoisotopic (exact) mass is 351 g/mol. The number of anilines is 1. The van der Waals surface area contributed by atoms with Crippen LogP contribution in [0.25, 0.3) is 0 Å². The van der Waals surface area contributed by atoms with Crippen LogP contribution in [0.15, 0.2) is 53.4 Å². The molecule has 0 aliphatic heterocycles. The van der Waals surface area contributed by atoms with E-state index in [-0.39, 0.29) is 4.90 Å². The molecule has 3 N–H and O–H groups in total. The van der Waals surface area contributed by atoms with E-state index in [2.05, 4.69) is 5.32 Å². The molecule has 0 bridgehead atoms. The van der Waals surface area contributed by atoms with Gasteiger partial charge < -0.3 is 5.32 Å². The highest BCUT2D eigenvalue weighted by atomic mass is 32.2. The van der Waals surface area contributed by atoms with Crippen molar-refractivity contribution in [1.29, 1.82) is 0 Å². The molecule has 9 heteroatoms. The van der Waals surface area contributed by atoms with Gasteiger partial charge in [0.15, 0.2) is 0 Å². The van der Waals surface area contributed by atoms with Crippen LogP contribution in [0.5, 0.6) is 0 Å². The van der Waals surface area contributed by atoms with E-state index in [0.29, 0.717) is 5.69 Å². The Morgan fingerprint density at radius 1 is 0.917 bits per heavy atom. The molecule has 2 rings (SSSR count). The fourth-order valence-electron chi connectivity index (χ4n) is 1.67. The molecule has 0 saturated heterocycles. The molecule has 0 aliphatic rings. The first-order valence-electron chi connectivity index (χ1n) is 6.73. The number of hydrogen-bond acceptors (Lipinski definition) is 4. The van der Waals surface area contributed by atoms with Gasteiger partial charge in [-0.05, 0) is 43.3 Å². The minimum Gasteiger partial charge on any atom is -0.318 e. The third kappa shape index (κ3) is 4.61. The largest absolute Gasteiger partial charge is 0.324 e. The number of hydrogen-bond donors (Lipinski definition) is 3. The molecule has 0 atom stereocenters. The Balaban J connectivity index is 1.95. The first-order chi connectivity index (χ1) is 11.3. The summed E-state index contributed by atoms with van der Waals surface area (Å²) >= 11 is 0. The van der Waals surface area contributed by atoms with Gasteiger partial charge in [-0.3, -0.25) is 15.0 Å². The van der Waals surface area contributed by atoms with E-state index in [1.165, 1.54) is 0 Å². The van der Waals surface area contributed by atoms with Gasteiger partial charge in [0, 0.05) is 5.69 Å². The molecule has 24 heavy (non-hydrogen) atoms. The Kier molecular flexibility index (Phi) is 5.27. The van der Waals surface area contributed by atoms with Crippen molar-refractivity contribution in [2.75, 3.05) is 5.32 Å². The van der Waals surface area contributed by atoms with Crippen LogP contribution in [-0.4, -0.2) is 20.2 Å². The number of nitrogens with one attached hydrogen (secondary N) is 3. The third-order valence-electron chi connectivity index (χ3n) is 2.94. The van der Waals surface area contributed by atoms with Crippen LogP contribution in [-0.2, 0) is 19.6 Å². The molecular weight excluding hydrogens is 337 g/mol. The first kappa shape index (κ1) is 17.6. The molecule has 2 aromatic carbocycles. The Labute approximate surface area is 137 Å². The molecule has 0 aromatic heterocycles. The number of hydrazine groups is 1. The fourth-order valence-corrected chi connectivity index (χ4v) is 2.51. The molecule has 0 radical (unpaired) electrons. The van der Waals surface area contributed by atoms with Gasteiger partial charge in [-0.15, -0.1) is 4.83 Å². The average Bonchev–Trinajstić information content (AvgIpc) is 2.55. The van der Waals surface area contributed by atoms with Crippen molar-refractivity contribution < 1.29 is 22.4 Å². The third-order valence-corrected chi connectivity index (χ3v) is 4.20. The zero-order chi connectivity index (χ0) is 17.7. The lowest BCUT2D eigenvalue weighted by molar-refractivity contribution is -0.136. The van der Waals surface area contributed by atoms with Gasteiger partial charge in [-0.2, -0.15) is 0 Å². The maximum Gasteiger partial charge on any atom is 0.324 e. The van der Waals surface area contributed by atoms with Gasteiger partial charge in [0.05, 0.1) is 4.90 Å². The van der Waals surface area contributed by atoms with Crippen molar-refractivity contribution in [3.05, 3.63) is 59.9 Å². The summed E-state index contributed by atoms with van der Waals surface area (Å²) in [5, 5.41) is 2.32. The predicted molar refractivity (Wildman–Crippen MR) is 84.7 cm³/mol. The van der Waals surface area contributed by atoms with Crippen molar-refractivity contribution in [2.24, 2.45) is 0 Å². The molecule has 0 heterocycles. The standard InChI is InChI=1S/C15H14FN3O4S/c1-10-2-6-12(7-3-10)17-14(20)15(21)18-19-24(22,23)13-8-4-11(16)5-9-13/h2-9,19H,1H3,(H,17,20)(H,18,21). The summed E-state index contributed by atoms with van der Waals surface area (Å²) in [7, 11) is -4.11. The first-order valence-corrected chi connectivity index (χ1v) is 8.21. The van der Waals surface area contributed by atoms with Crippen LogP contribution >= 0.6 is 0 Å². The van der Waals surface area contributed by atoms with Crippen LogP contribution in [0.1, 0.15) is 5.56 Å². The maximum atomic E-state index is 12.8. The smallest absolute Gasteiger partial charge is 0.318 e. The summed E-state index contributed by atoms with van der Waals surface area (Å²) in [4.78, 5) is 24.8.